The summed E-state index contributed by atoms with van der Waals surface area (Å²) in [5, 5.41) is 7.90. The maximum Gasteiger partial charge on any atom is 0.238 e. The van der Waals surface area contributed by atoms with Crippen molar-refractivity contribution in [1.29, 1.82) is 0 Å². The van der Waals surface area contributed by atoms with E-state index in [-0.39, 0.29) is 22.8 Å². The van der Waals surface area contributed by atoms with Gasteiger partial charge in [0, 0.05) is 11.7 Å². The van der Waals surface area contributed by atoms with Crippen molar-refractivity contribution in [2.45, 2.75) is 37.1 Å². The summed E-state index contributed by atoms with van der Waals surface area (Å²) in [4.78, 5) is 12.2. The van der Waals surface area contributed by atoms with E-state index >= 15 is 0 Å². The fourth-order valence-electron chi connectivity index (χ4n) is 2.60. The first-order chi connectivity index (χ1) is 9.30. The number of nitrogens with one attached hydrogen (secondary N) is 1. The number of sulfonamides is 1. The van der Waals surface area contributed by atoms with Crippen LogP contribution in [0.3, 0.4) is 0 Å². The van der Waals surface area contributed by atoms with Crippen LogP contribution in [0.4, 0.5) is 5.69 Å². The number of hydrogen-bond donors (Lipinski definition) is 3. The van der Waals surface area contributed by atoms with Crippen molar-refractivity contribution < 1.29 is 13.2 Å². The highest BCUT2D eigenvalue weighted by Crippen LogP contribution is 2.27. The highest BCUT2D eigenvalue weighted by atomic mass is 32.2. The van der Waals surface area contributed by atoms with Gasteiger partial charge in [0.25, 0.3) is 0 Å². The van der Waals surface area contributed by atoms with E-state index in [4.69, 9.17) is 10.9 Å². The van der Waals surface area contributed by atoms with Gasteiger partial charge in [0.1, 0.15) is 0 Å². The molecule has 0 bridgehead atoms. The van der Waals surface area contributed by atoms with E-state index in [0.717, 1.165) is 19.3 Å². The van der Waals surface area contributed by atoms with Crippen molar-refractivity contribution in [2.75, 3.05) is 5.32 Å². The van der Waals surface area contributed by atoms with Crippen LogP contribution in [0.1, 0.15) is 24.8 Å². The lowest BCUT2D eigenvalue weighted by Crippen LogP contribution is -2.34. The lowest BCUT2D eigenvalue weighted by Gasteiger charge is -2.17. The Kier molecular flexibility index (Phi) is 4.12. The van der Waals surface area contributed by atoms with Gasteiger partial charge >= 0.3 is 0 Å². The van der Waals surface area contributed by atoms with Gasteiger partial charge in [0.15, 0.2) is 0 Å². The Morgan fingerprint density at radius 2 is 2.05 bits per heavy atom. The molecule has 1 fully saturated rings. The number of hydrogen-bond acceptors (Lipinski definition) is 4. The molecule has 1 aromatic carbocycles. The Bertz CT molecular complexity index is 628. The second-order valence-corrected chi connectivity index (χ2v) is 6.69. The largest absolute Gasteiger partial charge is 0.327 e. The van der Waals surface area contributed by atoms with Gasteiger partial charge in [-0.05, 0) is 37.5 Å². The molecule has 1 aromatic rings. The van der Waals surface area contributed by atoms with Crippen molar-refractivity contribution >= 4 is 21.6 Å². The van der Waals surface area contributed by atoms with E-state index in [1.807, 2.05) is 0 Å². The molecule has 0 saturated heterocycles. The second-order valence-electron chi connectivity index (χ2n) is 5.16. The molecule has 2 rings (SSSR count). The van der Waals surface area contributed by atoms with Gasteiger partial charge in [-0.25, -0.2) is 13.6 Å². The molecule has 0 heterocycles. The predicted molar refractivity (Wildman–Crippen MR) is 76.5 cm³/mol. The molecule has 5 N–H and O–H groups in total. The zero-order valence-corrected chi connectivity index (χ0v) is 12.1. The minimum Gasteiger partial charge on any atom is -0.327 e. The van der Waals surface area contributed by atoms with Crippen molar-refractivity contribution in [3.8, 4) is 0 Å². The summed E-state index contributed by atoms with van der Waals surface area (Å²) >= 11 is 0. The van der Waals surface area contributed by atoms with E-state index in [1.54, 1.807) is 19.1 Å². The van der Waals surface area contributed by atoms with Crippen LogP contribution >= 0.6 is 0 Å². The number of benzene rings is 1. The highest BCUT2D eigenvalue weighted by molar-refractivity contribution is 7.89. The lowest BCUT2D eigenvalue weighted by molar-refractivity contribution is -0.120. The molecule has 1 aliphatic rings. The van der Waals surface area contributed by atoms with Crippen molar-refractivity contribution in [3.63, 3.8) is 0 Å². The average Bonchev–Trinajstić information content (AvgIpc) is 2.76. The Balaban J connectivity index is 2.24. The van der Waals surface area contributed by atoms with E-state index in [2.05, 4.69) is 5.32 Å². The zero-order chi connectivity index (χ0) is 14.9. The van der Waals surface area contributed by atoms with Crippen LogP contribution < -0.4 is 16.2 Å². The summed E-state index contributed by atoms with van der Waals surface area (Å²) in [6.07, 6.45) is 2.55. The number of carbonyl (C=O) groups is 1. The van der Waals surface area contributed by atoms with E-state index in [9.17, 15) is 13.2 Å². The van der Waals surface area contributed by atoms with Gasteiger partial charge in [0.05, 0.1) is 10.8 Å². The van der Waals surface area contributed by atoms with Crippen molar-refractivity contribution in [3.05, 3.63) is 23.8 Å². The molecule has 1 saturated carbocycles. The molecule has 1 aliphatic carbocycles. The summed E-state index contributed by atoms with van der Waals surface area (Å²) in [5.41, 5.74) is 6.79. The molecule has 110 valence electrons. The summed E-state index contributed by atoms with van der Waals surface area (Å²) < 4.78 is 22.9. The number of amides is 1. The van der Waals surface area contributed by atoms with E-state index in [1.165, 1.54) is 6.07 Å². The first-order valence-corrected chi connectivity index (χ1v) is 8.04. The maximum atomic E-state index is 12.2. The Morgan fingerprint density at radius 3 is 2.60 bits per heavy atom. The maximum absolute atomic E-state index is 12.2. The summed E-state index contributed by atoms with van der Waals surface area (Å²) in [5.74, 6) is -0.378. The number of rotatable bonds is 3. The molecule has 6 nitrogen and oxygen atoms in total. The van der Waals surface area contributed by atoms with Crippen LogP contribution in [0, 0.1) is 12.8 Å². The van der Waals surface area contributed by atoms with E-state index in [0.29, 0.717) is 11.3 Å². The second kappa shape index (κ2) is 5.51. The SMILES string of the molecule is Cc1c(NC(=O)C2CCCC2N)cccc1S(N)(=O)=O. The topological polar surface area (TPSA) is 115 Å². The number of anilines is 1. The number of nitrogens with two attached hydrogens (primary N) is 2. The molecule has 0 radical (unpaired) electrons. The third-order valence-electron chi connectivity index (χ3n) is 3.75. The van der Waals surface area contributed by atoms with Crippen LogP contribution in [-0.2, 0) is 14.8 Å². The zero-order valence-electron chi connectivity index (χ0n) is 11.3. The van der Waals surface area contributed by atoms with E-state index < -0.39 is 10.0 Å². The molecular weight excluding hydrogens is 278 g/mol. The van der Waals surface area contributed by atoms with Gasteiger partial charge in [-0.1, -0.05) is 12.5 Å². The monoisotopic (exact) mass is 297 g/mol. The number of carbonyl (C=O) groups excluding carboxylic acids is 1. The highest BCUT2D eigenvalue weighted by Gasteiger charge is 2.30. The third-order valence-corrected chi connectivity index (χ3v) is 4.81. The summed E-state index contributed by atoms with van der Waals surface area (Å²) in [6, 6.07) is 4.50. The molecule has 0 aromatic heterocycles. The van der Waals surface area contributed by atoms with Gasteiger partial charge in [-0.3, -0.25) is 4.79 Å². The molecule has 0 aliphatic heterocycles. The first kappa shape index (κ1) is 15.0. The molecular formula is C13H19N3O3S. The lowest BCUT2D eigenvalue weighted by atomic mass is 10.0. The normalized spacial score (nSPS) is 22.8. The van der Waals surface area contributed by atoms with Gasteiger partial charge < -0.3 is 11.1 Å². The van der Waals surface area contributed by atoms with Crippen LogP contribution in [-0.4, -0.2) is 20.4 Å². The standard InChI is InChI=1S/C13H19N3O3S/c1-8-11(6-3-7-12(8)20(15,18)19)16-13(17)9-4-2-5-10(9)14/h3,6-7,9-10H,2,4-5,14H2,1H3,(H,16,17)(H2,15,18,19). The minimum absolute atomic E-state index is 0.0195. The average molecular weight is 297 g/mol. The summed E-state index contributed by atoms with van der Waals surface area (Å²) in [6.45, 7) is 1.62. The third kappa shape index (κ3) is 3.00. The molecule has 20 heavy (non-hydrogen) atoms. The Labute approximate surface area is 118 Å². The predicted octanol–water partition coefficient (Wildman–Crippen LogP) is 0.708. The molecule has 2 atom stereocenters. The van der Waals surface area contributed by atoms with Crippen LogP contribution in [0.25, 0.3) is 0 Å². The molecule has 2 unspecified atom stereocenters. The molecule has 1 amide bonds. The van der Waals surface area contributed by atoms with Crippen LogP contribution in [0.15, 0.2) is 23.1 Å². The van der Waals surface area contributed by atoms with Gasteiger partial charge in [-0.15, -0.1) is 0 Å². The Morgan fingerprint density at radius 1 is 1.35 bits per heavy atom. The quantitative estimate of drug-likeness (QED) is 0.762. The Hall–Kier alpha value is -1.44. The fraction of sp³-hybridized carbons (Fsp3) is 0.462. The summed E-state index contributed by atoms with van der Waals surface area (Å²) in [7, 11) is -3.80. The minimum atomic E-state index is -3.80. The van der Waals surface area contributed by atoms with Gasteiger partial charge in [0.2, 0.25) is 15.9 Å². The number of primary sulfonamides is 1. The molecule has 0 spiro atoms. The van der Waals surface area contributed by atoms with Crippen molar-refractivity contribution in [2.24, 2.45) is 16.8 Å². The smallest absolute Gasteiger partial charge is 0.238 e. The van der Waals surface area contributed by atoms with Crippen LogP contribution in [0.5, 0.6) is 0 Å². The van der Waals surface area contributed by atoms with Crippen molar-refractivity contribution in [1.82, 2.24) is 0 Å². The first-order valence-electron chi connectivity index (χ1n) is 6.49. The fourth-order valence-corrected chi connectivity index (χ4v) is 3.40. The molecule has 7 heteroatoms. The van der Waals surface area contributed by atoms with Gasteiger partial charge in [-0.2, -0.15) is 0 Å². The van der Waals surface area contributed by atoms with Crippen LogP contribution in [0.2, 0.25) is 0 Å².